The van der Waals surface area contributed by atoms with Gasteiger partial charge in [0.2, 0.25) is 5.91 Å². The summed E-state index contributed by atoms with van der Waals surface area (Å²) in [6, 6.07) is 10.1. The van der Waals surface area contributed by atoms with Crippen molar-refractivity contribution in [2.75, 3.05) is 13.2 Å². The minimum absolute atomic E-state index is 0.319. The summed E-state index contributed by atoms with van der Waals surface area (Å²) in [6.07, 6.45) is 4.69. The smallest absolute Gasteiger partial charge is 0.244 e. The third-order valence-electron chi connectivity index (χ3n) is 4.08. The molecule has 2 saturated carbocycles. The first kappa shape index (κ1) is 13.6. The third kappa shape index (κ3) is 3.02. The molecule has 4 nitrogen and oxygen atoms in total. The Hall–Kier alpha value is -1.39. The van der Waals surface area contributed by atoms with Gasteiger partial charge in [0.05, 0.1) is 6.61 Å². The number of carbonyl (C=O) groups excluding carboxylic acids is 1. The lowest BCUT2D eigenvalue weighted by Crippen LogP contribution is -2.56. The number of hydrogen-bond donors (Lipinski definition) is 2. The molecule has 2 aliphatic rings. The molecule has 1 aromatic rings. The molecule has 0 heterocycles. The molecular formula is C16H22N2O2. The van der Waals surface area contributed by atoms with Gasteiger partial charge in [0.15, 0.2) is 0 Å². The number of nitrogens with two attached hydrogens (primary N) is 1. The Morgan fingerprint density at radius 2 is 1.95 bits per heavy atom. The minimum atomic E-state index is -0.892. The molecule has 4 heteroatoms. The van der Waals surface area contributed by atoms with Crippen molar-refractivity contribution in [2.45, 2.75) is 37.3 Å². The van der Waals surface area contributed by atoms with Crippen LogP contribution in [0.3, 0.4) is 0 Å². The van der Waals surface area contributed by atoms with E-state index < -0.39 is 5.54 Å². The van der Waals surface area contributed by atoms with E-state index in [1.54, 1.807) is 0 Å². The lowest BCUT2D eigenvalue weighted by molar-refractivity contribution is -0.128. The van der Waals surface area contributed by atoms with Crippen LogP contribution in [0.15, 0.2) is 30.3 Å². The van der Waals surface area contributed by atoms with Crippen molar-refractivity contribution in [1.29, 1.82) is 0 Å². The maximum Gasteiger partial charge on any atom is 0.244 e. The Morgan fingerprint density at radius 3 is 2.50 bits per heavy atom. The highest BCUT2D eigenvalue weighted by Gasteiger charge is 2.43. The van der Waals surface area contributed by atoms with Crippen molar-refractivity contribution in [2.24, 2.45) is 11.7 Å². The number of amides is 1. The molecule has 0 aliphatic heterocycles. The molecule has 0 bridgehead atoms. The lowest BCUT2D eigenvalue weighted by atomic mass is 9.89. The molecule has 0 aromatic heterocycles. The number of hydrogen-bond acceptors (Lipinski definition) is 3. The van der Waals surface area contributed by atoms with Crippen LogP contribution < -0.4 is 11.1 Å². The predicted octanol–water partition coefficient (Wildman–Crippen LogP) is 1.55. The van der Waals surface area contributed by atoms with Gasteiger partial charge in [0, 0.05) is 12.6 Å². The monoisotopic (exact) mass is 274 g/mol. The topological polar surface area (TPSA) is 64.4 Å². The molecule has 1 aromatic carbocycles. The summed E-state index contributed by atoms with van der Waals surface area (Å²) in [6.45, 7) is 1.05. The number of ether oxygens (including phenoxy) is 1. The minimum Gasteiger partial charge on any atom is -0.378 e. The summed E-state index contributed by atoms with van der Waals surface area (Å²) in [5, 5.41) is 3.41. The lowest BCUT2D eigenvalue weighted by Gasteiger charge is -2.32. The van der Waals surface area contributed by atoms with Crippen LogP contribution in [-0.4, -0.2) is 25.2 Å². The molecular weight excluding hydrogens is 252 g/mol. The first-order chi connectivity index (χ1) is 9.71. The van der Waals surface area contributed by atoms with E-state index in [9.17, 15) is 4.79 Å². The zero-order chi connectivity index (χ0) is 14.0. The Kier molecular flexibility index (Phi) is 3.76. The van der Waals surface area contributed by atoms with Crippen LogP contribution in [0.4, 0.5) is 0 Å². The van der Waals surface area contributed by atoms with Crippen LogP contribution >= 0.6 is 0 Å². The van der Waals surface area contributed by atoms with Crippen molar-refractivity contribution in [3.63, 3.8) is 0 Å². The standard InChI is InChI=1S/C16H22N2O2/c17-15(19)16(18-14-8-9-14,11-20-10-12-6-7-12)13-4-2-1-3-5-13/h1-5,12,14,18H,6-11H2,(H2,17,19). The molecule has 108 valence electrons. The van der Waals surface area contributed by atoms with E-state index in [0.717, 1.165) is 25.0 Å². The maximum absolute atomic E-state index is 12.2. The fourth-order valence-electron chi connectivity index (χ4n) is 2.45. The Balaban J connectivity index is 1.79. The fourth-order valence-corrected chi connectivity index (χ4v) is 2.45. The van der Waals surface area contributed by atoms with Crippen molar-refractivity contribution in [3.8, 4) is 0 Å². The molecule has 0 saturated heterocycles. The zero-order valence-electron chi connectivity index (χ0n) is 11.7. The van der Waals surface area contributed by atoms with Crippen molar-refractivity contribution >= 4 is 5.91 Å². The van der Waals surface area contributed by atoms with Gasteiger partial charge in [-0.1, -0.05) is 30.3 Å². The van der Waals surface area contributed by atoms with Crippen LogP contribution in [0.2, 0.25) is 0 Å². The Labute approximate surface area is 119 Å². The molecule has 3 N–H and O–H groups in total. The first-order valence-electron chi connectivity index (χ1n) is 7.41. The fraction of sp³-hybridized carbons (Fsp3) is 0.562. The second-order valence-electron chi connectivity index (χ2n) is 6.01. The molecule has 1 amide bonds. The van der Waals surface area contributed by atoms with Crippen LogP contribution in [0, 0.1) is 5.92 Å². The van der Waals surface area contributed by atoms with E-state index in [1.165, 1.54) is 12.8 Å². The van der Waals surface area contributed by atoms with Crippen LogP contribution in [0.5, 0.6) is 0 Å². The molecule has 1 unspecified atom stereocenters. The summed E-state index contributed by atoms with van der Waals surface area (Å²) in [7, 11) is 0. The number of nitrogens with one attached hydrogen (secondary N) is 1. The van der Waals surface area contributed by atoms with E-state index in [4.69, 9.17) is 10.5 Å². The molecule has 20 heavy (non-hydrogen) atoms. The number of carbonyl (C=O) groups is 1. The summed E-state index contributed by atoms with van der Waals surface area (Å²) in [5.74, 6) is 0.323. The predicted molar refractivity (Wildman–Crippen MR) is 77.0 cm³/mol. The first-order valence-corrected chi connectivity index (χ1v) is 7.41. The van der Waals surface area contributed by atoms with Crippen LogP contribution in [-0.2, 0) is 15.1 Å². The van der Waals surface area contributed by atoms with Gasteiger partial charge in [-0.15, -0.1) is 0 Å². The van der Waals surface area contributed by atoms with Crippen molar-refractivity contribution in [1.82, 2.24) is 5.32 Å². The highest BCUT2D eigenvalue weighted by Crippen LogP contribution is 2.32. The van der Waals surface area contributed by atoms with Gasteiger partial charge in [-0.2, -0.15) is 0 Å². The quantitative estimate of drug-likeness (QED) is 0.756. The van der Waals surface area contributed by atoms with Gasteiger partial charge in [-0.05, 0) is 37.2 Å². The number of primary amides is 1. The summed E-state index contributed by atoms with van der Waals surface area (Å²) >= 11 is 0. The summed E-state index contributed by atoms with van der Waals surface area (Å²) in [4.78, 5) is 12.2. The van der Waals surface area contributed by atoms with Gasteiger partial charge in [0.25, 0.3) is 0 Å². The molecule has 2 fully saturated rings. The van der Waals surface area contributed by atoms with E-state index >= 15 is 0 Å². The van der Waals surface area contributed by atoms with Gasteiger partial charge >= 0.3 is 0 Å². The molecule has 2 aliphatic carbocycles. The SMILES string of the molecule is NC(=O)C(COCC1CC1)(NC1CC1)c1ccccc1. The number of rotatable bonds is 8. The summed E-state index contributed by atoms with van der Waals surface area (Å²) in [5.41, 5.74) is 5.74. The highest BCUT2D eigenvalue weighted by atomic mass is 16.5. The Bertz CT molecular complexity index is 469. The van der Waals surface area contributed by atoms with Crippen molar-refractivity contribution < 1.29 is 9.53 Å². The average molecular weight is 274 g/mol. The van der Waals surface area contributed by atoms with Gasteiger partial charge in [0.1, 0.15) is 5.54 Å². The van der Waals surface area contributed by atoms with Crippen molar-refractivity contribution in [3.05, 3.63) is 35.9 Å². The van der Waals surface area contributed by atoms with E-state index in [0.29, 0.717) is 18.6 Å². The number of benzene rings is 1. The van der Waals surface area contributed by atoms with E-state index in [2.05, 4.69) is 5.32 Å². The second-order valence-corrected chi connectivity index (χ2v) is 6.01. The maximum atomic E-state index is 12.2. The normalized spacial score (nSPS) is 21.4. The molecule has 0 spiro atoms. The largest absolute Gasteiger partial charge is 0.378 e. The molecule has 0 radical (unpaired) electrons. The summed E-state index contributed by atoms with van der Waals surface area (Å²) < 4.78 is 5.80. The van der Waals surface area contributed by atoms with Gasteiger partial charge < -0.3 is 10.5 Å². The average Bonchev–Trinajstić information content (AvgIpc) is 3.34. The second kappa shape index (κ2) is 5.54. The van der Waals surface area contributed by atoms with Gasteiger partial charge in [-0.3, -0.25) is 10.1 Å². The van der Waals surface area contributed by atoms with Gasteiger partial charge in [-0.25, -0.2) is 0 Å². The van der Waals surface area contributed by atoms with Crippen LogP contribution in [0.25, 0.3) is 0 Å². The zero-order valence-corrected chi connectivity index (χ0v) is 11.7. The van der Waals surface area contributed by atoms with E-state index in [1.807, 2.05) is 30.3 Å². The Morgan fingerprint density at radius 1 is 1.25 bits per heavy atom. The highest BCUT2D eigenvalue weighted by molar-refractivity contribution is 5.86. The molecule has 1 atom stereocenters. The third-order valence-corrected chi connectivity index (χ3v) is 4.08. The van der Waals surface area contributed by atoms with E-state index in [-0.39, 0.29) is 5.91 Å². The molecule has 3 rings (SSSR count). The van der Waals surface area contributed by atoms with Crippen LogP contribution in [0.1, 0.15) is 31.2 Å².